The molecule has 7 heterocycles. The van der Waals surface area contributed by atoms with Crippen LogP contribution in [-0.2, 0) is 16.8 Å². The summed E-state index contributed by atoms with van der Waals surface area (Å²) < 4.78 is 0. The third-order valence-electron chi connectivity index (χ3n) is 5.50. The minimum atomic E-state index is 0. The Morgan fingerprint density at radius 3 is 1.25 bits per heavy atom. The van der Waals surface area contributed by atoms with Gasteiger partial charge in [-0.3, -0.25) is 0 Å². The normalized spacial score (nSPS) is 13.6. The van der Waals surface area contributed by atoms with Crippen LogP contribution in [0.3, 0.4) is 0 Å². The first-order chi connectivity index (χ1) is 17.3. The third kappa shape index (κ3) is 7.40. The van der Waals surface area contributed by atoms with Crippen LogP contribution < -0.4 is 10.6 Å². The fourth-order valence-electron chi connectivity index (χ4n) is 3.83. The Morgan fingerprint density at radius 1 is 0.500 bits per heavy atom. The van der Waals surface area contributed by atoms with Crippen LogP contribution in [0.5, 0.6) is 0 Å². The summed E-state index contributed by atoms with van der Waals surface area (Å²) in [6, 6.07) is 20.3. The minimum absolute atomic E-state index is 0. The first kappa shape index (κ1) is 25.4. The molecule has 3 aliphatic rings. The van der Waals surface area contributed by atoms with Crippen LogP contribution in [0.1, 0.15) is 22.8 Å². The van der Waals surface area contributed by atoms with Crippen molar-refractivity contribution >= 4 is 46.4 Å². The first-order valence-corrected chi connectivity index (χ1v) is 11.8. The van der Waals surface area contributed by atoms with Crippen molar-refractivity contribution in [2.24, 2.45) is 0 Å². The molecule has 5 N–H and O–H groups in total. The molecule has 0 aliphatic carbocycles. The summed E-state index contributed by atoms with van der Waals surface area (Å²) in [7, 11) is 0. The molecular formula is C28H29CoN7. The molecule has 0 unspecified atom stereocenters. The molecule has 0 atom stereocenters. The summed E-state index contributed by atoms with van der Waals surface area (Å²) in [5, 5.41) is 6.44. The van der Waals surface area contributed by atoms with Gasteiger partial charge in [0.2, 0.25) is 0 Å². The van der Waals surface area contributed by atoms with Crippen molar-refractivity contribution in [3.63, 3.8) is 0 Å². The molecule has 4 aromatic rings. The van der Waals surface area contributed by atoms with Gasteiger partial charge in [-0.2, -0.15) is 0 Å². The second kappa shape index (κ2) is 12.8. The van der Waals surface area contributed by atoms with Gasteiger partial charge in [0, 0.05) is 77.4 Å². The van der Waals surface area contributed by atoms with Crippen molar-refractivity contribution in [1.29, 1.82) is 0 Å². The van der Waals surface area contributed by atoms with Crippen LogP contribution >= 0.6 is 0 Å². The van der Waals surface area contributed by atoms with Crippen LogP contribution in [0.4, 0.5) is 0 Å². The number of hydrogen-bond acceptors (Lipinski definition) is 4. The topological polar surface area (TPSA) is 97.2 Å². The van der Waals surface area contributed by atoms with Crippen molar-refractivity contribution in [2.45, 2.75) is 0 Å². The average Bonchev–Trinajstić information content (AvgIpc) is 3.71. The Bertz CT molecular complexity index is 1340. The van der Waals surface area contributed by atoms with Gasteiger partial charge < -0.3 is 25.6 Å². The molecular weight excluding hydrogens is 493 g/mol. The van der Waals surface area contributed by atoms with E-state index in [1.807, 2.05) is 67.0 Å². The summed E-state index contributed by atoms with van der Waals surface area (Å²) in [6.07, 6.45) is 11.8. The first-order valence-electron chi connectivity index (χ1n) is 11.8. The van der Waals surface area contributed by atoms with Gasteiger partial charge in [0.05, 0.1) is 22.8 Å². The predicted octanol–water partition coefficient (Wildman–Crippen LogP) is 4.85. The summed E-state index contributed by atoms with van der Waals surface area (Å²) >= 11 is 0. The van der Waals surface area contributed by atoms with Crippen molar-refractivity contribution in [3.8, 4) is 0 Å². The molecule has 0 spiro atoms. The van der Waals surface area contributed by atoms with Gasteiger partial charge in [0.25, 0.3) is 0 Å². The molecule has 185 valence electrons. The van der Waals surface area contributed by atoms with E-state index in [1.54, 1.807) is 0 Å². The van der Waals surface area contributed by atoms with Crippen molar-refractivity contribution in [3.05, 3.63) is 95.8 Å². The standard InChI is InChI=1S/C20H14N4.C4H10N2.C4H5N.Co/c1-2-14-10-16-5-6-18(23-16)12-20-8-7-19(24-20)11-17-4-3-15(22-17)9-13(1)21-14;1-2-6-4-3-5-1;1-2-4-5-3-1;/h1-12,21-22H;5-6H,1-4H2;1-5H;. The monoisotopic (exact) mass is 522 g/mol. The van der Waals surface area contributed by atoms with Gasteiger partial charge in [0.15, 0.2) is 0 Å². The van der Waals surface area contributed by atoms with E-state index in [0.29, 0.717) is 0 Å². The number of fused-ring (bicyclic) bond motifs is 8. The van der Waals surface area contributed by atoms with Gasteiger partial charge >= 0.3 is 0 Å². The van der Waals surface area contributed by atoms with E-state index in [-0.39, 0.29) is 16.8 Å². The zero-order chi connectivity index (χ0) is 23.7. The van der Waals surface area contributed by atoms with Crippen LogP contribution in [0.2, 0.25) is 0 Å². The molecule has 1 saturated heterocycles. The van der Waals surface area contributed by atoms with Crippen LogP contribution in [0, 0.1) is 0 Å². The fourth-order valence-corrected chi connectivity index (χ4v) is 3.83. The predicted molar refractivity (Wildman–Crippen MR) is 145 cm³/mol. The van der Waals surface area contributed by atoms with Gasteiger partial charge in [0.1, 0.15) is 0 Å². The molecule has 0 amide bonds. The molecule has 3 aliphatic heterocycles. The van der Waals surface area contributed by atoms with E-state index in [2.05, 4.69) is 65.9 Å². The van der Waals surface area contributed by atoms with Crippen LogP contribution in [-0.4, -0.2) is 51.1 Å². The molecule has 4 aromatic heterocycles. The Balaban J connectivity index is 0.000000210. The quantitative estimate of drug-likeness (QED) is 0.197. The van der Waals surface area contributed by atoms with Gasteiger partial charge in [-0.25, -0.2) is 9.97 Å². The molecule has 8 bridgehead atoms. The van der Waals surface area contributed by atoms with Gasteiger partial charge in [-0.05, 0) is 85.0 Å². The molecule has 0 saturated carbocycles. The Labute approximate surface area is 220 Å². The summed E-state index contributed by atoms with van der Waals surface area (Å²) in [4.78, 5) is 18.9. The van der Waals surface area contributed by atoms with Gasteiger partial charge in [-0.1, -0.05) is 0 Å². The number of aromatic amines is 3. The molecule has 1 radical (unpaired) electrons. The number of nitrogens with one attached hydrogen (secondary N) is 5. The largest absolute Gasteiger partial charge is 0.368 e. The number of hydrogen-bond donors (Lipinski definition) is 5. The second-order valence-corrected chi connectivity index (χ2v) is 8.29. The maximum Gasteiger partial charge on any atom is 0.0659 e. The van der Waals surface area contributed by atoms with Gasteiger partial charge in [-0.15, -0.1) is 0 Å². The van der Waals surface area contributed by atoms with Crippen molar-refractivity contribution in [2.75, 3.05) is 26.2 Å². The smallest absolute Gasteiger partial charge is 0.0659 e. The molecule has 8 heteroatoms. The number of nitrogens with zero attached hydrogens (tertiary/aromatic N) is 2. The minimum Gasteiger partial charge on any atom is -0.368 e. The van der Waals surface area contributed by atoms with E-state index >= 15 is 0 Å². The van der Waals surface area contributed by atoms with E-state index < -0.39 is 0 Å². The van der Waals surface area contributed by atoms with E-state index in [9.17, 15) is 0 Å². The Morgan fingerprint density at radius 2 is 0.889 bits per heavy atom. The number of rotatable bonds is 0. The molecule has 0 aromatic carbocycles. The second-order valence-electron chi connectivity index (χ2n) is 8.29. The van der Waals surface area contributed by atoms with E-state index in [1.165, 1.54) is 0 Å². The van der Waals surface area contributed by atoms with E-state index in [4.69, 9.17) is 0 Å². The SMILES string of the molecule is C1=Cc2cc3ccc(cc4ccc(cc5nc(cc1n2)C=C5)[nH]4)[nH]3.C1CNCCN1.[Co].c1cc[nH]c1. The maximum absolute atomic E-state index is 4.62. The van der Waals surface area contributed by atoms with Crippen molar-refractivity contribution < 1.29 is 16.8 Å². The summed E-state index contributed by atoms with van der Waals surface area (Å²) in [5.74, 6) is 0. The third-order valence-corrected chi connectivity index (χ3v) is 5.50. The summed E-state index contributed by atoms with van der Waals surface area (Å²) in [6.45, 7) is 4.56. The molecule has 7 nitrogen and oxygen atoms in total. The number of H-pyrrole nitrogens is 3. The maximum atomic E-state index is 4.62. The van der Waals surface area contributed by atoms with Crippen LogP contribution in [0.15, 0.2) is 73.1 Å². The number of piperazine rings is 1. The fraction of sp³-hybridized carbons (Fsp3) is 0.143. The number of aromatic nitrogens is 5. The zero-order valence-corrected chi connectivity index (χ0v) is 20.8. The molecule has 7 rings (SSSR count). The van der Waals surface area contributed by atoms with Crippen molar-refractivity contribution in [1.82, 2.24) is 35.6 Å². The Kier molecular flexibility index (Phi) is 9.07. The molecule has 1 fully saturated rings. The van der Waals surface area contributed by atoms with Crippen LogP contribution in [0.25, 0.3) is 46.4 Å². The Hall–Kier alpha value is -3.69. The average molecular weight is 523 g/mol. The zero-order valence-electron chi connectivity index (χ0n) is 19.8. The molecule has 36 heavy (non-hydrogen) atoms. The van der Waals surface area contributed by atoms with E-state index in [0.717, 1.165) is 71.0 Å². The summed E-state index contributed by atoms with van der Waals surface area (Å²) in [5.41, 5.74) is 7.86.